The Balaban J connectivity index is 1.94. The molecule has 2 rings (SSSR count). The van der Waals surface area contributed by atoms with Gasteiger partial charge in [-0.3, -0.25) is 9.64 Å². The van der Waals surface area contributed by atoms with Crippen molar-refractivity contribution < 1.29 is 22.6 Å². The Hall–Kier alpha value is -0.330. The van der Waals surface area contributed by atoms with E-state index in [1.807, 2.05) is 0 Å². The predicted molar refractivity (Wildman–Crippen MR) is 55.6 cm³/mol. The third-order valence-corrected chi connectivity index (χ3v) is 3.89. The fourth-order valence-corrected chi connectivity index (χ4v) is 3.25. The third-order valence-electron chi connectivity index (χ3n) is 3.89. The van der Waals surface area contributed by atoms with Crippen LogP contribution in [0.25, 0.3) is 0 Å². The van der Waals surface area contributed by atoms with Gasteiger partial charge >= 0.3 is 6.36 Å². The second-order valence-electron chi connectivity index (χ2n) is 4.90. The molecular formula is C11H18F3NO2. The SMILES string of the molecule is COC[C@@]12CCCN1[C@H](COC(F)(F)F)CC2. The number of hydrogen-bond acceptors (Lipinski definition) is 3. The molecule has 2 atom stereocenters. The fraction of sp³-hybridized carbons (Fsp3) is 1.00. The van der Waals surface area contributed by atoms with Gasteiger partial charge in [0.05, 0.1) is 13.2 Å². The lowest BCUT2D eigenvalue weighted by Gasteiger charge is -2.34. The van der Waals surface area contributed by atoms with E-state index in [9.17, 15) is 13.2 Å². The van der Waals surface area contributed by atoms with Crippen LogP contribution < -0.4 is 0 Å². The number of hydrogen-bond donors (Lipinski definition) is 0. The number of methoxy groups -OCH3 is 1. The van der Waals surface area contributed by atoms with E-state index >= 15 is 0 Å². The maximum absolute atomic E-state index is 12.0. The summed E-state index contributed by atoms with van der Waals surface area (Å²) in [6, 6.07) is -0.116. The van der Waals surface area contributed by atoms with Gasteiger partial charge < -0.3 is 4.74 Å². The van der Waals surface area contributed by atoms with Gasteiger partial charge in [0, 0.05) is 18.7 Å². The van der Waals surface area contributed by atoms with Crippen molar-refractivity contribution in [3.8, 4) is 0 Å². The average molecular weight is 253 g/mol. The molecule has 0 amide bonds. The summed E-state index contributed by atoms with van der Waals surface area (Å²) in [5, 5.41) is 0. The molecule has 2 heterocycles. The molecule has 0 unspecified atom stereocenters. The summed E-state index contributed by atoms with van der Waals surface area (Å²) in [7, 11) is 1.64. The smallest absolute Gasteiger partial charge is 0.383 e. The van der Waals surface area contributed by atoms with Gasteiger partial charge in [0.25, 0.3) is 0 Å². The highest BCUT2D eigenvalue weighted by molar-refractivity contribution is 5.04. The average Bonchev–Trinajstić information content (AvgIpc) is 2.73. The van der Waals surface area contributed by atoms with Gasteiger partial charge in [0.1, 0.15) is 0 Å². The minimum absolute atomic E-state index is 0.0334. The van der Waals surface area contributed by atoms with Crippen LogP contribution in [0.1, 0.15) is 25.7 Å². The Bertz CT molecular complexity index is 272. The first-order valence-electron chi connectivity index (χ1n) is 5.93. The van der Waals surface area contributed by atoms with Crippen molar-refractivity contribution in [3.05, 3.63) is 0 Å². The van der Waals surface area contributed by atoms with Crippen LogP contribution in [0, 0.1) is 0 Å². The number of rotatable bonds is 4. The molecule has 0 aromatic carbocycles. The summed E-state index contributed by atoms with van der Waals surface area (Å²) in [5.41, 5.74) is -0.0334. The van der Waals surface area contributed by atoms with E-state index in [2.05, 4.69) is 9.64 Å². The van der Waals surface area contributed by atoms with Crippen LogP contribution in [-0.2, 0) is 9.47 Å². The zero-order chi connectivity index (χ0) is 12.5. The van der Waals surface area contributed by atoms with Crippen molar-refractivity contribution in [1.29, 1.82) is 0 Å². The summed E-state index contributed by atoms with van der Waals surface area (Å²) in [4.78, 5) is 2.16. The van der Waals surface area contributed by atoms with E-state index < -0.39 is 6.36 Å². The van der Waals surface area contributed by atoms with E-state index in [1.165, 1.54) is 0 Å². The van der Waals surface area contributed by atoms with E-state index in [1.54, 1.807) is 7.11 Å². The Morgan fingerprint density at radius 1 is 1.35 bits per heavy atom. The first kappa shape index (κ1) is 13.1. The fourth-order valence-electron chi connectivity index (χ4n) is 3.25. The Morgan fingerprint density at radius 2 is 2.12 bits per heavy atom. The van der Waals surface area contributed by atoms with Crippen molar-refractivity contribution in [2.75, 3.05) is 26.9 Å². The quantitative estimate of drug-likeness (QED) is 0.766. The van der Waals surface area contributed by atoms with E-state index in [0.29, 0.717) is 6.61 Å². The highest BCUT2D eigenvalue weighted by Crippen LogP contribution is 2.42. The zero-order valence-electron chi connectivity index (χ0n) is 9.92. The van der Waals surface area contributed by atoms with Crippen LogP contribution in [0.2, 0.25) is 0 Å². The van der Waals surface area contributed by atoms with Crippen molar-refractivity contribution in [1.82, 2.24) is 4.90 Å². The second kappa shape index (κ2) is 4.74. The summed E-state index contributed by atoms with van der Waals surface area (Å²) in [5.74, 6) is 0. The Morgan fingerprint density at radius 3 is 2.76 bits per heavy atom. The lowest BCUT2D eigenvalue weighted by molar-refractivity contribution is -0.328. The summed E-state index contributed by atoms with van der Waals surface area (Å²) in [6.07, 6.45) is -0.798. The highest BCUT2D eigenvalue weighted by Gasteiger charge is 2.49. The summed E-state index contributed by atoms with van der Waals surface area (Å²) >= 11 is 0. The normalized spacial score (nSPS) is 34.2. The van der Waals surface area contributed by atoms with Crippen molar-refractivity contribution in [2.45, 2.75) is 43.6 Å². The molecule has 2 aliphatic rings. The van der Waals surface area contributed by atoms with Gasteiger partial charge in [-0.25, -0.2) is 0 Å². The van der Waals surface area contributed by atoms with Crippen LogP contribution in [0.3, 0.4) is 0 Å². The third kappa shape index (κ3) is 2.74. The minimum Gasteiger partial charge on any atom is -0.383 e. The lowest BCUT2D eigenvalue weighted by Crippen LogP contribution is -2.47. The molecule has 0 spiro atoms. The first-order chi connectivity index (χ1) is 7.97. The van der Waals surface area contributed by atoms with Crippen LogP contribution in [0.5, 0.6) is 0 Å². The molecular weight excluding hydrogens is 235 g/mol. The first-order valence-corrected chi connectivity index (χ1v) is 5.93. The predicted octanol–water partition coefficient (Wildman–Crippen LogP) is 2.17. The summed E-state index contributed by atoms with van der Waals surface area (Å²) in [6.45, 7) is 1.21. The molecule has 2 saturated heterocycles. The minimum atomic E-state index is -4.52. The van der Waals surface area contributed by atoms with E-state index in [-0.39, 0.29) is 18.2 Å². The molecule has 2 fully saturated rings. The second-order valence-corrected chi connectivity index (χ2v) is 4.90. The molecule has 0 radical (unpaired) electrons. The molecule has 0 aromatic heterocycles. The Kier molecular flexibility index (Phi) is 3.66. The van der Waals surface area contributed by atoms with Gasteiger partial charge in [0.15, 0.2) is 0 Å². The molecule has 17 heavy (non-hydrogen) atoms. The zero-order valence-corrected chi connectivity index (χ0v) is 9.92. The molecule has 0 aliphatic carbocycles. The van der Waals surface area contributed by atoms with Crippen LogP contribution >= 0.6 is 0 Å². The van der Waals surface area contributed by atoms with E-state index in [0.717, 1.165) is 32.2 Å². The van der Waals surface area contributed by atoms with Gasteiger partial charge in [0.2, 0.25) is 0 Å². The molecule has 100 valence electrons. The Labute approximate surface area is 98.9 Å². The highest BCUT2D eigenvalue weighted by atomic mass is 19.4. The monoisotopic (exact) mass is 253 g/mol. The van der Waals surface area contributed by atoms with Gasteiger partial charge in [-0.15, -0.1) is 13.2 Å². The number of halogens is 3. The standard InChI is InChI=1S/C11H18F3NO2/c1-16-8-10-4-2-6-15(10)9(3-5-10)7-17-11(12,13)14/h9H,2-8H2,1H3/t9-,10-/m0/s1. The number of alkyl halides is 3. The molecule has 6 heteroatoms. The van der Waals surface area contributed by atoms with Crippen molar-refractivity contribution in [3.63, 3.8) is 0 Å². The lowest BCUT2D eigenvalue weighted by atomic mass is 9.95. The molecule has 0 N–H and O–H groups in total. The molecule has 0 saturated carbocycles. The maximum atomic E-state index is 12.0. The largest absolute Gasteiger partial charge is 0.522 e. The molecule has 2 aliphatic heterocycles. The molecule has 3 nitrogen and oxygen atoms in total. The van der Waals surface area contributed by atoms with Crippen LogP contribution in [0.4, 0.5) is 13.2 Å². The topological polar surface area (TPSA) is 21.7 Å². The maximum Gasteiger partial charge on any atom is 0.522 e. The molecule has 0 bridgehead atoms. The van der Waals surface area contributed by atoms with Gasteiger partial charge in [-0.2, -0.15) is 0 Å². The number of nitrogens with zero attached hydrogens (tertiary/aromatic N) is 1. The number of ether oxygens (including phenoxy) is 2. The summed E-state index contributed by atoms with van der Waals surface area (Å²) < 4.78 is 45.3. The van der Waals surface area contributed by atoms with Crippen LogP contribution in [0.15, 0.2) is 0 Å². The van der Waals surface area contributed by atoms with E-state index in [4.69, 9.17) is 4.74 Å². The van der Waals surface area contributed by atoms with Crippen molar-refractivity contribution in [2.24, 2.45) is 0 Å². The van der Waals surface area contributed by atoms with Gasteiger partial charge in [-0.1, -0.05) is 0 Å². The van der Waals surface area contributed by atoms with Gasteiger partial charge in [-0.05, 0) is 32.2 Å². The molecule has 0 aromatic rings. The van der Waals surface area contributed by atoms with Crippen LogP contribution in [-0.4, -0.2) is 49.7 Å². The van der Waals surface area contributed by atoms with Crippen molar-refractivity contribution >= 4 is 0 Å². The number of fused-ring (bicyclic) bond motifs is 1.